The first-order chi connectivity index (χ1) is 13.5. The van der Waals surface area contributed by atoms with Crippen LogP contribution in [0.25, 0.3) is 0 Å². The standard InChI is InChI=1S/C22H25N3O3/c1-16(2)20(25-22(27)28-15-18-11-7-4-8-12-18)21(26)24-19(14-23)13-17-9-5-3-6-10-17/h3-12,16,19-20H,13,15H2,1-2H3,(H,24,26)(H,25,27)/t19?,20-/m0/s1. The number of ether oxygens (including phenoxy) is 1. The van der Waals surface area contributed by atoms with Gasteiger partial charge in [-0.3, -0.25) is 4.79 Å². The monoisotopic (exact) mass is 379 g/mol. The first-order valence-corrected chi connectivity index (χ1v) is 9.20. The number of benzene rings is 2. The number of alkyl carbamates (subject to hydrolysis) is 1. The second kappa shape index (κ2) is 10.7. The van der Waals surface area contributed by atoms with Gasteiger partial charge >= 0.3 is 6.09 Å². The third kappa shape index (κ3) is 6.76. The molecule has 0 saturated heterocycles. The molecule has 2 aromatic rings. The van der Waals surface area contributed by atoms with Gasteiger partial charge in [-0.1, -0.05) is 74.5 Å². The molecule has 0 heterocycles. The van der Waals surface area contributed by atoms with Crippen LogP contribution in [0.1, 0.15) is 25.0 Å². The Morgan fingerprint density at radius 3 is 2.07 bits per heavy atom. The molecule has 6 nitrogen and oxygen atoms in total. The van der Waals surface area contributed by atoms with Crippen LogP contribution >= 0.6 is 0 Å². The van der Waals surface area contributed by atoms with Crippen molar-refractivity contribution in [2.24, 2.45) is 5.92 Å². The normalized spacial score (nSPS) is 12.5. The SMILES string of the molecule is CC(C)[C@H](NC(=O)OCc1ccccc1)C(=O)NC(C#N)Cc1ccccc1. The van der Waals surface area contributed by atoms with Crippen molar-refractivity contribution in [3.63, 3.8) is 0 Å². The quantitative estimate of drug-likeness (QED) is 0.737. The fraction of sp³-hybridized carbons (Fsp3) is 0.318. The minimum Gasteiger partial charge on any atom is -0.445 e. The van der Waals surface area contributed by atoms with E-state index in [0.717, 1.165) is 11.1 Å². The fourth-order valence-corrected chi connectivity index (χ4v) is 2.67. The Morgan fingerprint density at radius 1 is 0.964 bits per heavy atom. The summed E-state index contributed by atoms with van der Waals surface area (Å²) in [6.07, 6.45) is -0.277. The van der Waals surface area contributed by atoms with E-state index in [1.807, 2.05) is 74.5 Å². The van der Waals surface area contributed by atoms with Crippen molar-refractivity contribution in [3.8, 4) is 6.07 Å². The zero-order chi connectivity index (χ0) is 20.4. The van der Waals surface area contributed by atoms with E-state index in [4.69, 9.17) is 4.74 Å². The van der Waals surface area contributed by atoms with Crippen molar-refractivity contribution in [3.05, 3.63) is 71.8 Å². The van der Waals surface area contributed by atoms with Gasteiger partial charge in [-0.15, -0.1) is 0 Å². The van der Waals surface area contributed by atoms with E-state index in [2.05, 4.69) is 16.7 Å². The maximum absolute atomic E-state index is 12.6. The molecular formula is C22H25N3O3. The van der Waals surface area contributed by atoms with Gasteiger partial charge in [0.05, 0.1) is 6.07 Å². The Kier molecular flexibility index (Phi) is 8.04. The molecule has 0 aliphatic heterocycles. The molecule has 0 bridgehead atoms. The van der Waals surface area contributed by atoms with Gasteiger partial charge in [-0.2, -0.15) is 5.26 Å². The largest absolute Gasteiger partial charge is 0.445 e. The van der Waals surface area contributed by atoms with Crippen LogP contribution in [0.15, 0.2) is 60.7 Å². The van der Waals surface area contributed by atoms with E-state index in [0.29, 0.717) is 6.42 Å². The minimum atomic E-state index is -0.796. The lowest BCUT2D eigenvalue weighted by molar-refractivity contribution is -0.124. The first kappa shape index (κ1) is 21.0. The van der Waals surface area contributed by atoms with Crippen LogP contribution in [0.4, 0.5) is 4.79 Å². The molecule has 28 heavy (non-hydrogen) atoms. The van der Waals surface area contributed by atoms with Crippen LogP contribution < -0.4 is 10.6 Å². The average Bonchev–Trinajstić information content (AvgIpc) is 2.71. The van der Waals surface area contributed by atoms with Crippen LogP contribution in [-0.2, 0) is 22.6 Å². The summed E-state index contributed by atoms with van der Waals surface area (Å²) >= 11 is 0. The summed E-state index contributed by atoms with van der Waals surface area (Å²) in [4.78, 5) is 24.7. The second-order valence-electron chi connectivity index (χ2n) is 6.81. The van der Waals surface area contributed by atoms with Gasteiger partial charge in [-0.05, 0) is 17.0 Å². The molecule has 2 amide bonds. The van der Waals surface area contributed by atoms with Gasteiger partial charge in [-0.25, -0.2) is 4.79 Å². The Labute approximate surface area is 165 Å². The molecule has 1 unspecified atom stereocenters. The molecule has 146 valence electrons. The van der Waals surface area contributed by atoms with Crippen molar-refractivity contribution < 1.29 is 14.3 Å². The Bertz CT molecular complexity index is 801. The maximum atomic E-state index is 12.6. The van der Waals surface area contributed by atoms with Crippen LogP contribution in [0.2, 0.25) is 0 Å². The zero-order valence-electron chi connectivity index (χ0n) is 16.1. The predicted molar refractivity (Wildman–Crippen MR) is 106 cm³/mol. The van der Waals surface area contributed by atoms with Crippen molar-refractivity contribution in [2.75, 3.05) is 0 Å². The predicted octanol–water partition coefficient (Wildman–Crippen LogP) is 3.19. The Morgan fingerprint density at radius 2 is 1.54 bits per heavy atom. The number of carbonyl (C=O) groups excluding carboxylic acids is 2. The molecule has 0 spiro atoms. The fourth-order valence-electron chi connectivity index (χ4n) is 2.67. The van der Waals surface area contributed by atoms with E-state index in [9.17, 15) is 14.9 Å². The van der Waals surface area contributed by atoms with Crippen LogP contribution in [-0.4, -0.2) is 24.1 Å². The van der Waals surface area contributed by atoms with Gasteiger partial charge < -0.3 is 15.4 Å². The summed E-state index contributed by atoms with van der Waals surface area (Å²) < 4.78 is 5.19. The third-order valence-electron chi connectivity index (χ3n) is 4.19. The molecule has 0 aromatic heterocycles. The Balaban J connectivity index is 1.91. The molecule has 6 heteroatoms. The van der Waals surface area contributed by atoms with E-state index in [-0.39, 0.29) is 12.5 Å². The van der Waals surface area contributed by atoms with E-state index >= 15 is 0 Å². The molecule has 0 aliphatic rings. The summed E-state index contributed by atoms with van der Waals surface area (Å²) in [6, 6.07) is 19.4. The average molecular weight is 379 g/mol. The Hall–Kier alpha value is -3.33. The second-order valence-corrected chi connectivity index (χ2v) is 6.81. The van der Waals surface area contributed by atoms with E-state index in [1.54, 1.807) is 0 Å². The first-order valence-electron chi connectivity index (χ1n) is 9.20. The van der Waals surface area contributed by atoms with Crippen molar-refractivity contribution >= 4 is 12.0 Å². The lowest BCUT2D eigenvalue weighted by Crippen LogP contribution is -2.52. The van der Waals surface area contributed by atoms with E-state index < -0.39 is 24.1 Å². The number of carbonyl (C=O) groups is 2. The lowest BCUT2D eigenvalue weighted by Gasteiger charge is -2.23. The van der Waals surface area contributed by atoms with E-state index in [1.165, 1.54) is 0 Å². The smallest absolute Gasteiger partial charge is 0.408 e. The summed E-state index contributed by atoms with van der Waals surface area (Å²) in [5.41, 5.74) is 1.81. The number of nitrogens with one attached hydrogen (secondary N) is 2. The highest BCUT2D eigenvalue weighted by molar-refractivity contribution is 5.86. The van der Waals surface area contributed by atoms with Crippen molar-refractivity contribution in [2.45, 2.75) is 39.0 Å². The highest BCUT2D eigenvalue weighted by atomic mass is 16.5. The van der Waals surface area contributed by atoms with Gasteiger partial charge in [0.25, 0.3) is 0 Å². The number of nitriles is 1. The van der Waals surface area contributed by atoms with Crippen LogP contribution in [0.5, 0.6) is 0 Å². The maximum Gasteiger partial charge on any atom is 0.408 e. The molecule has 0 aliphatic carbocycles. The molecule has 0 fully saturated rings. The number of hydrogen-bond donors (Lipinski definition) is 2. The highest BCUT2D eigenvalue weighted by Gasteiger charge is 2.26. The molecule has 2 rings (SSSR count). The number of hydrogen-bond acceptors (Lipinski definition) is 4. The van der Waals surface area contributed by atoms with Crippen LogP contribution in [0.3, 0.4) is 0 Å². The molecule has 0 saturated carbocycles. The summed E-state index contributed by atoms with van der Waals surface area (Å²) in [6.45, 7) is 3.76. The van der Waals surface area contributed by atoms with Crippen molar-refractivity contribution in [1.82, 2.24) is 10.6 Å². The number of rotatable bonds is 8. The minimum absolute atomic E-state index is 0.119. The summed E-state index contributed by atoms with van der Waals surface area (Å²) in [5, 5.41) is 14.7. The number of nitrogens with zero attached hydrogens (tertiary/aromatic N) is 1. The third-order valence-corrected chi connectivity index (χ3v) is 4.19. The molecule has 0 radical (unpaired) electrons. The molecule has 2 atom stereocenters. The highest BCUT2D eigenvalue weighted by Crippen LogP contribution is 2.07. The summed E-state index contributed by atoms with van der Waals surface area (Å²) in [5.74, 6) is -0.575. The molecule has 2 N–H and O–H groups in total. The van der Waals surface area contributed by atoms with Gasteiger partial charge in [0, 0.05) is 6.42 Å². The number of amides is 2. The molecule has 2 aromatic carbocycles. The summed E-state index contributed by atoms with van der Waals surface area (Å²) in [7, 11) is 0. The van der Waals surface area contributed by atoms with Gasteiger partial charge in [0.2, 0.25) is 5.91 Å². The topological polar surface area (TPSA) is 91.2 Å². The van der Waals surface area contributed by atoms with Gasteiger partial charge in [0.1, 0.15) is 18.7 Å². The van der Waals surface area contributed by atoms with Gasteiger partial charge in [0.15, 0.2) is 0 Å². The van der Waals surface area contributed by atoms with Crippen molar-refractivity contribution in [1.29, 1.82) is 5.26 Å². The van der Waals surface area contributed by atoms with Crippen LogP contribution in [0, 0.1) is 17.2 Å². The zero-order valence-corrected chi connectivity index (χ0v) is 16.1. The molecular weight excluding hydrogens is 354 g/mol. The lowest BCUT2D eigenvalue weighted by atomic mass is 10.0.